The largest absolute Gasteiger partial charge is 0.504 e. The Bertz CT molecular complexity index is 1030. The monoisotopic (exact) mass is 459 g/mol. The minimum atomic E-state index is -0.985. The molecule has 0 aromatic heterocycles. The van der Waals surface area contributed by atoms with Gasteiger partial charge in [0.1, 0.15) is 12.5 Å². The summed E-state index contributed by atoms with van der Waals surface area (Å²) < 4.78 is 20.5. The number of phenols is 1. The van der Waals surface area contributed by atoms with Crippen LogP contribution in [0.1, 0.15) is 31.7 Å². The zero-order valence-electron chi connectivity index (χ0n) is 19.4. The van der Waals surface area contributed by atoms with E-state index in [0.29, 0.717) is 29.0 Å². The summed E-state index contributed by atoms with van der Waals surface area (Å²) in [4.78, 5) is 39.2. The number of ketones is 1. The first kappa shape index (κ1) is 24.3. The van der Waals surface area contributed by atoms with Gasteiger partial charge < -0.3 is 29.4 Å². The van der Waals surface area contributed by atoms with E-state index in [0.717, 1.165) is 0 Å². The van der Waals surface area contributed by atoms with Crippen LogP contribution in [0.25, 0.3) is 0 Å². The number of nitrogens with one attached hydrogen (secondary N) is 1. The highest BCUT2D eigenvalue weighted by molar-refractivity contribution is 6.12. The molecule has 0 saturated carbocycles. The van der Waals surface area contributed by atoms with Crippen molar-refractivity contribution in [1.29, 1.82) is 0 Å². The predicted molar refractivity (Wildman–Crippen MR) is 117 cm³/mol. The van der Waals surface area contributed by atoms with Crippen LogP contribution in [0.3, 0.4) is 0 Å². The van der Waals surface area contributed by atoms with Crippen molar-refractivity contribution >= 4 is 17.7 Å². The van der Waals surface area contributed by atoms with Gasteiger partial charge in [-0.3, -0.25) is 9.59 Å². The van der Waals surface area contributed by atoms with Crippen LogP contribution in [-0.4, -0.2) is 57.4 Å². The van der Waals surface area contributed by atoms with Crippen LogP contribution in [0.4, 0.5) is 0 Å². The SMILES string of the molecule is COCCOC(=O)C1=C(C)NC2=C(C(=O)[C@H](C(=O)OC)[C@@H](C)C2)[C@H]1c1ccc(O)c(OC)c1. The molecule has 0 spiro atoms. The minimum Gasteiger partial charge on any atom is -0.504 e. The van der Waals surface area contributed by atoms with Crippen molar-refractivity contribution in [2.75, 3.05) is 34.5 Å². The van der Waals surface area contributed by atoms with Gasteiger partial charge in [0.05, 0.1) is 26.4 Å². The molecule has 9 nitrogen and oxygen atoms in total. The number of benzene rings is 1. The number of methoxy groups -OCH3 is 3. The van der Waals surface area contributed by atoms with E-state index in [4.69, 9.17) is 18.9 Å². The maximum atomic E-state index is 13.6. The Kier molecular flexibility index (Phi) is 7.43. The maximum Gasteiger partial charge on any atom is 0.336 e. The molecule has 1 aromatic carbocycles. The number of allylic oxidation sites excluding steroid dienone is 3. The van der Waals surface area contributed by atoms with Gasteiger partial charge in [0, 0.05) is 30.0 Å². The van der Waals surface area contributed by atoms with Gasteiger partial charge in [0.15, 0.2) is 17.3 Å². The predicted octanol–water partition coefficient (Wildman–Crippen LogP) is 2.20. The van der Waals surface area contributed by atoms with Gasteiger partial charge in [0.25, 0.3) is 0 Å². The summed E-state index contributed by atoms with van der Waals surface area (Å²) in [6.07, 6.45) is 0.426. The number of esters is 2. The van der Waals surface area contributed by atoms with Gasteiger partial charge >= 0.3 is 11.9 Å². The molecule has 2 N–H and O–H groups in total. The van der Waals surface area contributed by atoms with Crippen molar-refractivity contribution in [3.63, 3.8) is 0 Å². The molecular formula is C24H29NO8. The van der Waals surface area contributed by atoms with Crippen LogP contribution in [-0.2, 0) is 28.6 Å². The van der Waals surface area contributed by atoms with Crippen molar-refractivity contribution < 1.29 is 38.4 Å². The molecule has 0 unspecified atom stereocenters. The van der Waals surface area contributed by atoms with Gasteiger partial charge in [-0.2, -0.15) is 0 Å². The van der Waals surface area contributed by atoms with E-state index in [-0.39, 0.29) is 36.2 Å². The zero-order valence-corrected chi connectivity index (χ0v) is 19.4. The van der Waals surface area contributed by atoms with Gasteiger partial charge in [-0.25, -0.2) is 4.79 Å². The number of rotatable bonds is 7. The fraction of sp³-hybridized carbons (Fsp3) is 0.458. The number of ether oxygens (including phenoxy) is 4. The van der Waals surface area contributed by atoms with Gasteiger partial charge in [-0.15, -0.1) is 0 Å². The number of dihydropyridines is 1. The number of carbonyl (C=O) groups is 3. The van der Waals surface area contributed by atoms with Crippen molar-refractivity contribution in [2.45, 2.75) is 26.2 Å². The summed E-state index contributed by atoms with van der Waals surface area (Å²) in [5.41, 5.74) is 2.29. The lowest BCUT2D eigenvalue weighted by molar-refractivity contribution is -0.151. The first-order chi connectivity index (χ1) is 15.7. The van der Waals surface area contributed by atoms with Crippen LogP contribution in [0.15, 0.2) is 40.7 Å². The third-order valence-electron chi connectivity index (χ3n) is 6.02. The molecule has 2 aliphatic rings. The third-order valence-corrected chi connectivity index (χ3v) is 6.02. The zero-order chi connectivity index (χ0) is 24.3. The number of Topliss-reactive ketones (excluding diaryl/α,β-unsaturated/α-hetero) is 1. The summed E-state index contributed by atoms with van der Waals surface area (Å²) in [7, 11) is 4.15. The Labute approximate surface area is 192 Å². The topological polar surface area (TPSA) is 120 Å². The van der Waals surface area contributed by atoms with Gasteiger partial charge in [-0.1, -0.05) is 13.0 Å². The molecule has 1 aromatic rings. The molecule has 1 aliphatic carbocycles. The van der Waals surface area contributed by atoms with Crippen molar-refractivity contribution in [1.82, 2.24) is 5.32 Å². The van der Waals surface area contributed by atoms with Crippen LogP contribution in [0, 0.1) is 11.8 Å². The standard InChI is InChI=1S/C24H29NO8/c1-12-10-15-21(22(27)18(12)23(28)32-5)20(14-6-7-16(26)17(11-14)31-4)19(13(2)25-15)24(29)33-9-8-30-3/h6-7,11-12,18,20,25-26H,8-10H2,1-5H3/t12-,18+,20-/m0/s1. The molecule has 1 heterocycles. The van der Waals surface area contributed by atoms with Crippen LogP contribution < -0.4 is 10.1 Å². The molecule has 0 fully saturated rings. The summed E-state index contributed by atoms with van der Waals surface area (Å²) in [5, 5.41) is 13.3. The highest BCUT2D eigenvalue weighted by Crippen LogP contribution is 2.46. The summed E-state index contributed by atoms with van der Waals surface area (Å²) in [6, 6.07) is 4.63. The summed E-state index contributed by atoms with van der Waals surface area (Å²) in [5.74, 6) is -3.61. The average Bonchev–Trinajstić information content (AvgIpc) is 2.78. The quantitative estimate of drug-likeness (QED) is 0.359. The van der Waals surface area contributed by atoms with Crippen LogP contribution >= 0.6 is 0 Å². The fourth-order valence-electron chi connectivity index (χ4n) is 4.45. The smallest absolute Gasteiger partial charge is 0.336 e. The Balaban J connectivity index is 2.16. The van der Waals surface area contributed by atoms with Gasteiger partial charge in [-0.05, 0) is 37.0 Å². The summed E-state index contributed by atoms with van der Waals surface area (Å²) >= 11 is 0. The first-order valence-electron chi connectivity index (χ1n) is 10.6. The normalized spacial score (nSPS) is 22.5. The molecule has 178 valence electrons. The second kappa shape index (κ2) is 10.1. The van der Waals surface area contributed by atoms with Crippen LogP contribution in [0.2, 0.25) is 0 Å². The molecule has 0 saturated heterocycles. The van der Waals surface area contributed by atoms with Crippen molar-refractivity contribution in [3.05, 3.63) is 46.3 Å². The lowest BCUT2D eigenvalue weighted by Crippen LogP contribution is -2.43. The Morgan fingerprint density at radius 3 is 2.55 bits per heavy atom. The van der Waals surface area contributed by atoms with Crippen molar-refractivity contribution in [3.8, 4) is 11.5 Å². The second-order valence-corrected chi connectivity index (χ2v) is 8.10. The molecule has 33 heavy (non-hydrogen) atoms. The molecule has 1 aliphatic heterocycles. The molecule has 0 amide bonds. The van der Waals surface area contributed by atoms with Crippen molar-refractivity contribution in [2.24, 2.45) is 11.8 Å². The second-order valence-electron chi connectivity index (χ2n) is 8.10. The number of aromatic hydroxyl groups is 1. The average molecular weight is 459 g/mol. The third kappa shape index (κ3) is 4.59. The number of hydrogen-bond acceptors (Lipinski definition) is 9. The number of hydrogen-bond donors (Lipinski definition) is 2. The summed E-state index contributed by atoms with van der Waals surface area (Å²) in [6.45, 7) is 3.82. The Morgan fingerprint density at radius 2 is 1.91 bits per heavy atom. The molecule has 3 atom stereocenters. The Hall–Kier alpha value is -3.33. The molecule has 3 rings (SSSR count). The van der Waals surface area contributed by atoms with E-state index in [1.54, 1.807) is 19.1 Å². The Morgan fingerprint density at radius 1 is 1.18 bits per heavy atom. The number of carbonyl (C=O) groups excluding carboxylic acids is 3. The van der Waals surface area contributed by atoms with E-state index in [1.807, 2.05) is 6.92 Å². The maximum absolute atomic E-state index is 13.6. The first-order valence-corrected chi connectivity index (χ1v) is 10.6. The molecule has 9 heteroatoms. The fourth-order valence-corrected chi connectivity index (χ4v) is 4.45. The van der Waals surface area contributed by atoms with Gasteiger partial charge in [0.2, 0.25) is 0 Å². The highest BCUT2D eigenvalue weighted by atomic mass is 16.6. The molecular weight excluding hydrogens is 430 g/mol. The van der Waals surface area contributed by atoms with Crippen LogP contribution in [0.5, 0.6) is 11.5 Å². The molecule has 0 radical (unpaired) electrons. The minimum absolute atomic E-state index is 0.0411. The highest BCUT2D eigenvalue weighted by Gasteiger charge is 2.47. The lowest BCUT2D eigenvalue weighted by Gasteiger charge is -2.38. The number of phenolic OH excluding ortho intramolecular Hbond substituents is 1. The van der Waals surface area contributed by atoms with E-state index in [1.165, 1.54) is 27.4 Å². The van der Waals surface area contributed by atoms with E-state index >= 15 is 0 Å². The lowest BCUT2D eigenvalue weighted by atomic mass is 9.69. The van der Waals surface area contributed by atoms with E-state index in [2.05, 4.69) is 5.32 Å². The van der Waals surface area contributed by atoms with E-state index in [9.17, 15) is 19.5 Å². The van der Waals surface area contributed by atoms with E-state index < -0.39 is 29.6 Å². The molecule has 0 bridgehead atoms.